The lowest BCUT2D eigenvalue weighted by Crippen LogP contribution is -2.49. The van der Waals surface area contributed by atoms with Crippen LogP contribution in [0.4, 0.5) is 23.1 Å². The Hall–Kier alpha value is -3.93. The maximum absolute atomic E-state index is 10.4. The number of aliphatic hydroxyl groups is 1. The number of β-amino-alcohol motifs (C(OH)–C–C–N with tert-alkyl or cyclic N) is 1. The second-order valence-corrected chi connectivity index (χ2v) is 11.7. The van der Waals surface area contributed by atoms with E-state index in [9.17, 15) is 15.6 Å². The zero-order chi connectivity index (χ0) is 27.3. The van der Waals surface area contributed by atoms with Crippen molar-refractivity contribution in [2.75, 3.05) is 41.7 Å². The minimum Gasteiger partial charge on any atom is -0.389 e. The van der Waals surface area contributed by atoms with Gasteiger partial charge in [0.15, 0.2) is 17.2 Å². The van der Waals surface area contributed by atoms with Crippen molar-refractivity contribution in [1.82, 2.24) is 24.5 Å². The first-order valence-corrected chi connectivity index (χ1v) is 13.7. The van der Waals surface area contributed by atoms with Crippen molar-refractivity contribution in [1.29, 1.82) is 10.5 Å². The zero-order valence-corrected chi connectivity index (χ0v) is 22.6. The Balaban J connectivity index is 1.28. The quantitative estimate of drug-likeness (QED) is 0.420. The Morgan fingerprint density at radius 2 is 1.95 bits per heavy atom. The van der Waals surface area contributed by atoms with Gasteiger partial charge in [0.05, 0.1) is 23.4 Å². The number of imidazole rings is 1. The summed E-state index contributed by atoms with van der Waals surface area (Å²) in [6, 6.07) is 9.08. The van der Waals surface area contributed by atoms with Gasteiger partial charge in [-0.2, -0.15) is 20.0 Å². The first-order valence-electron chi connectivity index (χ1n) is 13.7. The Morgan fingerprint density at radius 1 is 1.13 bits per heavy atom. The lowest BCUT2D eigenvalue weighted by atomic mass is 9.91. The third-order valence-corrected chi connectivity index (χ3v) is 8.03. The van der Waals surface area contributed by atoms with Gasteiger partial charge < -0.3 is 20.6 Å². The van der Waals surface area contributed by atoms with Crippen LogP contribution in [-0.4, -0.2) is 73.5 Å². The SMILES string of the molecule is Cc1c(Nc2nc(NC3CC3)c3ncc(C#N)n3n2)cc(C#N)cc1N1CCC2C(CCN2CC(C)(C)O)C1. The van der Waals surface area contributed by atoms with E-state index in [-0.39, 0.29) is 0 Å². The van der Waals surface area contributed by atoms with Gasteiger partial charge in [0.25, 0.3) is 0 Å². The third-order valence-electron chi connectivity index (χ3n) is 8.03. The Bertz CT molecular complexity index is 1490. The van der Waals surface area contributed by atoms with E-state index < -0.39 is 5.60 Å². The molecule has 3 N–H and O–H groups in total. The number of hydrogen-bond acceptors (Lipinski definition) is 10. The monoisotopic (exact) mass is 526 g/mol. The van der Waals surface area contributed by atoms with Crippen molar-refractivity contribution in [2.45, 2.75) is 64.1 Å². The normalized spacial score (nSPS) is 21.4. The number of benzene rings is 1. The van der Waals surface area contributed by atoms with E-state index in [2.05, 4.69) is 49.6 Å². The molecular weight excluding hydrogens is 492 g/mol. The number of piperidine rings is 1. The van der Waals surface area contributed by atoms with E-state index in [0.29, 0.717) is 53.2 Å². The zero-order valence-electron chi connectivity index (χ0n) is 22.6. The number of nitrogens with zero attached hydrogens (tertiary/aromatic N) is 8. The van der Waals surface area contributed by atoms with Gasteiger partial charge in [-0.25, -0.2) is 4.98 Å². The molecule has 2 unspecified atom stereocenters. The molecule has 0 spiro atoms. The summed E-state index contributed by atoms with van der Waals surface area (Å²) in [5.74, 6) is 1.45. The van der Waals surface area contributed by atoms with Crippen molar-refractivity contribution in [2.24, 2.45) is 5.92 Å². The molecule has 2 aromatic heterocycles. The number of aromatic nitrogens is 4. The molecule has 2 atom stereocenters. The number of likely N-dealkylation sites (tertiary alicyclic amines) is 1. The number of fused-ring (bicyclic) bond motifs is 2. The Kier molecular flexibility index (Phi) is 6.29. The summed E-state index contributed by atoms with van der Waals surface area (Å²) in [4.78, 5) is 13.9. The molecule has 0 bridgehead atoms. The topological polar surface area (TPSA) is 141 Å². The highest BCUT2D eigenvalue weighted by Crippen LogP contribution is 2.38. The number of hydrogen-bond donors (Lipinski definition) is 3. The molecular formula is C28H34N10O. The van der Waals surface area contributed by atoms with E-state index >= 15 is 0 Å². The summed E-state index contributed by atoms with van der Waals surface area (Å²) in [6.45, 7) is 9.31. The lowest BCUT2D eigenvalue weighted by Gasteiger charge is -2.41. The fraction of sp³-hybridized carbons (Fsp3) is 0.536. The molecule has 0 amide bonds. The number of nitriles is 2. The van der Waals surface area contributed by atoms with Crippen molar-refractivity contribution < 1.29 is 5.11 Å². The third kappa shape index (κ3) is 5.08. The highest BCUT2D eigenvalue weighted by molar-refractivity contribution is 5.73. The maximum atomic E-state index is 10.4. The summed E-state index contributed by atoms with van der Waals surface area (Å²) >= 11 is 0. The molecule has 3 aliphatic rings. The van der Waals surface area contributed by atoms with Crippen molar-refractivity contribution in [3.63, 3.8) is 0 Å². The van der Waals surface area contributed by atoms with Gasteiger partial charge in [-0.3, -0.25) is 4.90 Å². The van der Waals surface area contributed by atoms with Crippen LogP contribution in [0.1, 0.15) is 56.4 Å². The Morgan fingerprint density at radius 3 is 2.67 bits per heavy atom. The molecule has 4 heterocycles. The minimum atomic E-state index is -0.700. The van der Waals surface area contributed by atoms with Crippen LogP contribution in [-0.2, 0) is 0 Å². The second-order valence-electron chi connectivity index (χ2n) is 11.7. The van der Waals surface area contributed by atoms with Crippen LogP contribution in [0.5, 0.6) is 0 Å². The molecule has 6 rings (SSSR count). The highest BCUT2D eigenvalue weighted by Gasteiger charge is 2.40. The van der Waals surface area contributed by atoms with Crippen LogP contribution in [0.25, 0.3) is 5.65 Å². The fourth-order valence-corrected chi connectivity index (χ4v) is 6.06. The molecule has 2 aliphatic heterocycles. The molecule has 3 aromatic rings. The number of anilines is 4. The lowest BCUT2D eigenvalue weighted by molar-refractivity contribution is 0.0263. The van der Waals surface area contributed by atoms with E-state index in [4.69, 9.17) is 4.98 Å². The molecule has 0 radical (unpaired) electrons. The van der Waals surface area contributed by atoms with Gasteiger partial charge in [-0.05, 0) is 76.6 Å². The molecule has 11 nitrogen and oxygen atoms in total. The van der Waals surface area contributed by atoms with Crippen LogP contribution < -0.4 is 15.5 Å². The van der Waals surface area contributed by atoms with Crippen molar-refractivity contribution >= 4 is 28.8 Å². The summed E-state index contributed by atoms with van der Waals surface area (Å²) in [5.41, 5.74) is 3.53. The van der Waals surface area contributed by atoms with Crippen LogP contribution in [0.15, 0.2) is 18.3 Å². The first kappa shape index (κ1) is 25.4. The van der Waals surface area contributed by atoms with Crippen LogP contribution in [0.3, 0.4) is 0 Å². The average Bonchev–Trinajstić information content (AvgIpc) is 3.49. The molecule has 2 saturated heterocycles. The summed E-state index contributed by atoms with van der Waals surface area (Å²) in [6.07, 6.45) is 5.78. The molecule has 39 heavy (non-hydrogen) atoms. The largest absolute Gasteiger partial charge is 0.389 e. The highest BCUT2D eigenvalue weighted by atomic mass is 16.3. The predicted octanol–water partition coefficient (Wildman–Crippen LogP) is 3.17. The number of nitrogens with one attached hydrogen (secondary N) is 2. The first-order chi connectivity index (χ1) is 18.7. The predicted molar refractivity (Wildman–Crippen MR) is 148 cm³/mol. The molecule has 1 aromatic carbocycles. The van der Waals surface area contributed by atoms with Crippen molar-refractivity contribution in [3.05, 3.63) is 35.2 Å². The summed E-state index contributed by atoms with van der Waals surface area (Å²) in [5, 5.41) is 41.1. The van der Waals surface area contributed by atoms with Crippen LogP contribution in [0, 0.1) is 35.5 Å². The summed E-state index contributed by atoms with van der Waals surface area (Å²) < 4.78 is 1.51. The molecule has 11 heteroatoms. The summed E-state index contributed by atoms with van der Waals surface area (Å²) in [7, 11) is 0. The van der Waals surface area contributed by atoms with Crippen LogP contribution >= 0.6 is 0 Å². The van der Waals surface area contributed by atoms with Gasteiger partial charge >= 0.3 is 0 Å². The fourth-order valence-electron chi connectivity index (χ4n) is 6.06. The van der Waals surface area contributed by atoms with E-state index in [1.165, 1.54) is 10.7 Å². The van der Waals surface area contributed by atoms with E-state index in [1.54, 1.807) is 0 Å². The molecule has 202 valence electrons. The van der Waals surface area contributed by atoms with Gasteiger partial charge in [0.1, 0.15) is 6.07 Å². The maximum Gasteiger partial charge on any atom is 0.247 e. The average molecular weight is 527 g/mol. The molecule has 1 saturated carbocycles. The minimum absolute atomic E-state index is 0.329. The van der Waals surface area contributed by atoms with Gasteiger partial charge in [0.2, 0.25) is 5.95 Å². The van der Waals surface area contributed by atoms with Gasteiger partial charge in [-0.1, -0.05) is 0 Å². The van der Waals surface area contributed by atoms with Crippen molar-refractivity contribution in [3.8, 4) is 12.1 Å². The number of rotatable bonds is 7. The van der Waals surface area contributed by atoms with E-state index in [1.807, 2.05) is 26.0 Å². The van der Waals surface area contributed by atoms with Gasteiger partial charge in [0, 0.05) is 43.1 Å². The second kappa shape index (κ2) is 9.67. The smallest absolute Gasteiger partial charge is 0.247 e. The van der Waals surface area contributed by atoms with Gasteiger partial charge in [-0.15, -0.1) is 5.10 Å². The Labute approximate surface area is 228 Å². The molecule has 3 fully saturated rings. The molecule has 1 aliphatic carbocycles. The standard InChI is InChI=1S/C28H34N10O/c1-17-22(33-27-34-25(32-20-4-5-20)26-31-14-21(13-30)38(26)35-27)10-18(12-29)11-24(17)36-9-7-23-19(15-36)6-8-37(23)16-28(2,3)39/h10-11,14,19-20,23,39H,4-9,15-16H2,1-3H3,(H2,32,33,34,35). The van der Waals surface area contributed by atoms with E-state index in [0.717, 1.165) is 62.3 Å². The van der Waals surface area contributed by atoms with Crippen LogP contribution in [0.2, 0.25) is 0 Å².